The molecule has 1 atom stereocenters. The SMILES string of the molecule is CC(C)CSCC(Cc1ccc(F)cc1)NN. The number of nitrogens with two attached hydrogens (primary N) is 1. The summed E-state index contributed by atoms with van der Waals surface area (Å²) in [6.45, 7) is 4.41. The predicted octanol–water partition coefficient (Wildman–Crippen LogP) is 2.59. The number of benzene rings is 1. The van der Waals surface area contributed by atoms with Crippen LogP contribution in [0.15, 0.2) is 24.3 Å². The standard InChI is InChI=1S/C13H21FN2S/c1-10(2)8-17-9-13(16-15)7-11-3-5-12(14)6-4-11/h3-6,10,13,16H,7-9,15H2,1-2H3. The number of nitrogens with one attached hydrogen (secondary N) is 1. The maximum atomic E-state index is 12.8. The molecule has 0 aliphatic heterocycles. The zero-order chi connectivity index (χ0) is 12.7. The van der Waals surface area contributed by atoms with Crippen molar-refractivity contribution >= 4 is 11.8 Å². The van der Waals surface area contributed by atoms with Gasteiger partial charge in [0.2, 0.25) is 0 Å². The van der Waals surface area contributed by atoms with Gasteiger partial charge in [0.05, 0.1) is 0 Å². The summed E-state index contributed by atoms with van der Waals surface area (Å²) < 4.78 is 12.8. The van der Waals surface area contributed by atoms with Crippen LogP contribution < -0.4 is 11.3 Å². The first-order valence-corrected chi connectivity index (χ1v) is 7.05. The minimum atomic E-state index is -0.194. The maximum Gasteiger partial charge on any atom is 0.123 e. The van der Waals surface area contributed by atoms with E-state index in [1.165, 1.54) is 12.1 Å². The average Bonchev–Trinajstić information content (AvgIpc) is 2.30. The summed E-state index contributed by atoms with van der Waals surface area (Å²) in [5.74, 6) is 8.15. The summed E-state index contributed by atoms with van der Waals surface area (Å²) in [7, 11) is 0. The third-order valence-electron chi connectivity index (χ3n) is 2.40. The van der Waals surface area contributed by atoms with Crippen molar-refractivity contribution in [1.29, 1.82) is 0 Å². The highest BCUT2D eigenvalue weighted by atomic mass is 32.2. The molecule has 4 heteroatoms. The zero-order valence-corrected chi connectivity index (χ0v) is 11.3. The molecule has 1 aromatic rings. The second-order valence-corrected chi connectivity index (χ2v) is 5.70. The molecule has 96 valence electrons. The molecule has 1 aromatic carbocycles. The normalized spacial score (nSPS) is 13.0. The van der Waals surface area contributed by atoms with E-state index in [-0.39, 0.29) is 11.9 Å². The first-order chi connectivity index (χ1) is 8.11. The van der Waals surface area contributed by atoms with Crippen molar-refractivity contribution < 1.29 is 4.39 Å². The van der Waals surface area contributed by atoms with Crippen molar-refractivity contribution in [2.75, 3.05) is 11.5 Å². The Morgan fingerprint density at radius 2 is 1.88 bits per heavy atom. The van der Waals surface area contributed by atoms with Crippen LogP contribution in [0.1, 0.15) is 19.4 Å². The number of hydrogen-bond acceptors (Lipinski definition) is 3. The van der Waals surface area contributed by atoms with Gasteiger partial charge in [-0.1, -0.05) is 26.0 Å². The van der Waals surface area contributed by atoms with Gasteiger partial charge in [-0.25, -0.2) is 4.39 Å². The highest BCUT2D eigenvalue weighted by molar-refractivity contribution is 7.99. The van der Waals surface area contributed by atoms with E-state index >= 15 is 0 Å². The molecule has 0 aliphatic carbocycles. The van der Waals surface area contributed by atoms with E-state index in [0.717, 1.165) is 23.5 Å². The second kappa shape index (κ2) is 7.69. The molecular formula is C13H21FN2S. The molecule has 0 fully saturated rings. The number of rotatable bonds is 7. The molecule has 0 aliphatic rings. The third-order valence-corrected chi connectivity index (χ3v) is 3.94. The second-order valence-electron chi connectivity index (χ2n) is 4.63. The monoisotopic (exact) mass is 256 g/mol. The fourth-order valence-electron chi connectivity index (χ4n) is 1.52. The van der Waals surface area contributed by atoms with Gasteiger partial charge >= 0.3 is 0 Å². The fraction of sp³-hybridized carbons (Fsp3) is 0.538. The first kappa shape index (κ1) is 14.5. The quantitative estimate of drug-likeness (QED) is 0.582. The van der Waals surface area contributed by atoms with E-state index in [1.54, 1.807) is 0 Å². The Hall–Kier alpha value is -0.580. The molecule has 0 radical (unpaired) electrons. The van der Waals surface area contributed by atoms with E-state index in [9.17, 15) is 4.39 Å². The molecule has 1 unspecified atom stereocenters. The highest BCUT2D eigenvalue weighted by Gasteiger charge is 2.08. The van der Waals surface area contributed by atoms with Gasteiger partial charge < -0.3 is 0 Å². The first-order valence-electron chi connectivity index (χ1n) is 5.90. The van der Waals surface area contributed by atoms with Crippen LogP contribution >= 0.6 is 11.8 Å². The van der Waals surface area contributed by atoms with Crippen molar-refractivity contribution in [3.05, 3.63) is 35.6 Å². The lowest BCUT2D eigenvalue weighted by Crippen LogP contribution is -2.38. The Balaban J connectivity index is 2.38. The molecule has 2 nitrogen and oxygen atoms in total. The fourth-order valence-corrected chi connectivity index (χ4v) is 2.62. The largest absolute Gasteiger partial charge is 0.271 e. The topological polar surface area (TPSA) is 38.0 Å². The summed E-state index contributed by atoms with van der Waals surface area (Å²) in [6, 6.07) is 6.85. The zero-order valence-electron chi connectivity index (χ0n) is 10.4. The van der Waals surface area contributed by atoms with Crippen LogP contribution in [0.2, 0.25) is 0 Å². The average molecular weight is 256 g/mol. The van der Waals surface area contributed by atoms with E-state index in [4.69, 9.17) is 5.84 Å². The van der Waals surface area contributed by atoms with Gasteiger partial charge in [0.1, 0.15) is 5.82 Å². The summed E-state index contributed by atoms with van der Waals surface area (Å²) in [5, 5.41) is 0. The number of hydrazine groups is 1. The van der Waals surface area contributed by atoms with Crippen LogP contribution in [0.4, 0.5) is 4.39 Å². The van der Waals surface area contributed by atoms with Gasteiger partial charge in [-0.3, -0.25) is 11.3 Å². The van der Waals surface area contributed by atoms with Crippen LogP contribution in [-0.4, -0.2) is 17.5 Å². The predicted molar refractivity (Wildman–Crippen MR) is 73.4 cm³/mol. The lowest BCUT2D eigenvalue weighted by atomic mass is 10.1. The maximum absolute atomic E-state index is 12.8. The number of thioether (sulfide) groups is 1. The van der Waals surface area contributed by atoms with Crippen LogP contribution in [0.5, 0.6) is 0 Å². The summed E-state index contributed by atoms with van der Waals surface area (Å²) in [6.07, 6.45) is 0.835. The van der Waals surface area contributed by atoms with Gasteiger partial charge in [-0.2, -0.15) is 11.8 Å². The van der Waals surface area contributed by atoms with Gasteiger partial charge in [-0.15, -0.1) is 0 Å². The molecule has 3 N–H and O–H groups in total. The minimum Gasteiger partial charge on any atom is -0.271 e. The molecule has 0 heterocycles. The van der Waals surface area contributed by atoms with E-state index < -0.39 is 0 Å². The van der Waals surface area contributed by atoms with Gasteiger partial charge in [0.15, 0.2) is 0 Å². The lowest BCUT2D eigenvalue weighted by molar-refractivity contribution is 0.573. The van der Waals surface area contributed by atoms with Crippen molar-refractivity contribution in [1.82, 2.24) is 5.43 Å². The van der Waals surface area contributed by atoms with E-state index in [0.29, 0.717) is 5.92 Å². The summed E-state index contributed by atoms with van der Waals surface area (Å²) in [5.41, 5.74) is 3.93. The number of hydrogen-bond donors (Lipinski definition) is 2. The Morgan fingerprint density at radius 3 is 2.41 bits per heavy atom. The molecule has 17 heavy (non-hydrogen) atoms. The van der Waals surface area contributed by atoms with Crippen LogP contribution in [0.3, 0.4) is 0 Å². The Morgan fingerprint density at radius 1 is 1.24 bits per heavy atom. The smallest absolute Gasteiger partial charge is 0.123 e. The van der Waals surface area contributed by atoms with Crippen molar-refractivity contribution in [2.24, 2.45) is 11.8 Å². The van der Waals surface area contributed by atoms with Crippen molar-refractivity contribution in [2.45, 2.75) is 26.3 Å². The molecule has 0 aromatic heterocycles. The van der Waals surface area contributed by atoms with Crippen LogP contribution in [0.25, 0.3) is 0 Å². The molecule has 0 saturated heterocycles. The van der Waals surface area contributed by atoms with Gasteiger partial charge in [0.25, 0.3) is 0 Å². The van der Waals surface area contributed by atoms with Crippen molar-refractivity contribution in [3.63, 3.8) is 0 Å². The minimum absolute atomic E-state index is 0.194. The summed E-state index contributed by atoms with van der Waals surface area (Å²) in [4.78, 5) is 0. The molecule has 0 spiro atoms. The Labute approximate surface area is 107 Å². The van der Waals surface area contributed by atoms with Crippen LogP contribution in [-0.2, 0) is 6.42 Å². The number of halogens is 1. The Bertz CT molecular complexity index is 314. The highest BCUT2D eigenvalue weighted by Crippen LogP contribution is 2.12. The molecular weight excluding hydrogens is 235 g/mol. The molecule has 0 amide bonds. The third kappa shape index (κ3) is 6.05. The van der Waals surface area contributed by atoms with Gasteiger partial charge in [0, 0.05) is 11.8 Å². The van der Waals surface area contributed by atoms with Gasteiger partial charge in [-0.05, 0) is 35.8 Å². The van der Waals surface area contributed by atoms with E-state index in [1.807, 2.05) is 23.9 Å². The Kier molecular flexibility index (Phi) is 6.55. The molecule has 1 rings (SSSR count). The van der Waals surface area contributed by atoms with Crippen LogP contribution in [0, 0.1) is 11.7 Å². The van der Waals surface area contributed by atoms with Crippen molar-refractivity contribution in [3.8, 4) is 0 Å². The summed E-state index contributed by atoms with van der Waals surface area (Å²) >= 11 is 1.90. The molecule has 0 saturated carbocycles. The lowest BCUT2D eigenvalue weighted by Gasteiger charge is -2.16. The van der Waals surface area contributed by atoms with E-state index in [2.05, 4.69) is 19.3 Å². The molecule has 0 bridgehead atoms.